The van der Waals surface area contributed by atoms with Crippen LogP contribution in [-0.2, 0) is 6.42 Å². The first-order valence-electron chi connectivity index (χ1n) is 7.98. The van der Waals surface area contributed by atoms with E-state index in [4.69, 9.17) is 0 Å². The number of aromatic nitrogens is 1. The highest BCUT2D eigenvalue weighted by molar-refractivity contribution is 5.94. The van der Waals surface area contributed by atoms with Crippen molar-refractivity contribution in [3.05, 3.63) is 70.4 Å². The zero-order chi connectivity index (χ0) is 16.4. The maximum absolute atomic E-state index is 12.1. The highest BCUT2D eigenvalue weighted by Gasteiger charge is 2.12. The Morgan fingerprint density at radius 3 is 2.43 bits per heavy atom. The average molecular weight is 306 g/mol. The molecule has 3 heteroatoms. The lowest BCUT2D eigenvalue weighted by Crippen LogP contribution is -2.25. The van der Waals surface area contributed by atoms with E-state index in [2.05, 4.69) is 43.2 Å². The number of aryl methyl sites for hydroxylation is 3. The first kappa shape index (κ1) is 15.3. The van der Waals surface area contributed by atoms with Crippen molar-refractivity contribution in [2.45, 2.75) is 27.2 Å². The molecule has 0 bridgehead atoms. The first-order chi connectivity index (χ1) is 11.1. The molecule has 3 rings (SSSR count). The van der Waals surface area contributed by atoms with Gasteiger partial charge in [-0.05, 0) is 56.0 Å². The fraction of sp³-hybridized carbons (Fsp3) is 0.250. The quantitative estimate of drug-likeness (QED) is 0.750. The van der Waals surface area contributed by atoms with Gasteiger partial charge in [0.15, 0.2) is 0 Å². The van der Waals surface area contributed by atoms with Crippen LogP contribution in [0.2, 0.25) is 0 Å². The number of amides is 1. The summed E-state index contributed by atoms with van der Waals surface area (Å²) in [4.78, 5) is 15.6. The topological polar surface area (TPSA) is 44.9 Å². The van der Waals surface area contributed by atoms with Crippen LogP contribution in [0.3, 0.4) is 0 Å². The SMILES string of the molecule is Cc1[nH]c2c(C)ccc(C)c2c1CCNC(=O)c1ccccc1. The van der Waals surface area contributed by atoms with Gasteiger partial charge >= 0.3 is 0 Å². The van der Waals surface area contributed by atoms with Crippen molar-refractivity contribution in [2.75, 3.05) is 6.54 Å². The molecule has 3 nitrogen and oxygen atoms in total. The zero-order valence-electron chi connectivity index (χ0n) is 13.9. The fourth-order valence-corrected chi connectivity index (χ4v) is 3.12. The molecule has 0 unspecified atom stereocenters. The van der Waals surface area contributed by atoms with Crippen molar-refractivity contribution in [1.29, 1.82) is 0 Å². The van der Waals surface area contributed by atoms with Crippen molar-refractivity contribution < 1.29 is 4.79 Å². The second kappa shape index (κ2) is 6.29. The minimum absolute atomic E-state index is 0.0176. The highest BCUT2D eigenvalue weighted by Crippen LogP contribution is 2.28. The Morgan fingerprint density at radius 2 is 1.70 bits per heavy atom. The fourth-order valence-electron chi connectivity index (χ4n) is 3.12. The van der Waals surface area contributed by atoms with Gasteiger partial charge in [0, 0.05) is 28.7 Å². The number of H-pyrrole nitrogens is 1. The molecule has 0 aliphatic rings. The van der Waals surface area contributed by atoms with Crippen LogP contribution in [0.25, 0.3) is 10.9 Å². The lowest BCUT2D eigenvalue weighted by Gasteiger charge is -2.07. The summed E-state index contributed by atoms with van der Waals surface area (Å²) in [6.07, 6.45) is 0.828. The van der Waals surface area contributed by atoms with E-state index in [9.17, 15) is 4.79 Å². The van der Waals surface area contributed by atoms with Crippen LogP contribution in [0.1, 0.15) is 32.7 Å². The summed E-state index contributed by atoms with van der Waals surface area (Å²) in [6.45, 7) is 7.00. The average Bonchev–Trinajstić information content (AvgIpc) is 2.90. The van der Waals surface area contributed by atoms with E-state index >= 15 is 0 Å². The van der Waals surface area contributed by atoms with E-state index in [1.165, 1.54) is 33.3 Å². The maximum Gasteiger partial charge on any atom is 0.251 e. The van der Waals surface area contributed by atoms with Crippen molar-refractivity contribution in [3.63, 3.8) is 0 Å². The van der Waals surface area contributed by atoms with Crippen molar-refractivity contribution in [1.82, 2.24) is 10.3 Å². The van der Waals surface area contributed by atoms with Crippen LogP contribution < -0.4 is 5.32 Å². The summed E-state index contributed by atoms with van der Waals surface area (Å²) in [5.74, 6) is -0.0176. The molecule has 0 saturated carbocycles. The van der Waals surface area contributed by atoms with Gasteiger partial charge in [0.2, 0.25) is 0 Å². The van der Waals surface area contributed by atoms with Gasteiger partial charge in [-0.15, -0.1) is 0 Å². The van der Waals surface area contributed by atoms with Crippen molar-refractivity contribution in [2.24, 2.45) is 0 Å². The molecule has 0 fully saturated rings. The van der Waals surface area contributed by atoms with Crippen LogP contribution in [-0.4, -0.2) is 17.4 Å². The molecule has 0 spiro atoms. The largest absolute Gasteiger partial charge is 0.358 e. The second-order valence-corrected chi connectivity index (χ2v) is 6.05. The monoisotopic (exact) mass is 306 g/mol. The third kappa shape index (κ3) is 3.00. The summed E-state index contributed by atoms with van der Waals surface area (Å²) >= 11 is 0. The van der Waals surface area contributed by atoms with Crippen LogP contribution in [0.15, 0.2) is 42.5 Å². The Bertz CT molecular complexity index is 847. The van der Waals surface area contributed by atoms with E-state index in [-0.39, 0.29) is 5.91 Å². The number of carbonyl (C=O) groups is 1. The Balaban J connectivity index is 1.76. The number of fused-ring (bicyclic) bond motifs is 1. The molecule has 0 aliphatic carbocycles. The van der Waals surface area contributed by atoms with Crippen LogP contribution in [0.5, 0.6) is 0 Å². The number of rotatable bonds is 4. The van der Waals surface area contributed by atoms with Gasteiger partial charge in [-0.25, -0.2) is 0 Å². The molecule has 2 N–H and O–H groups in total. The van der Waals surface area contributed by atoms with Gasteiger partial charge in [0.25, 0.3) is 5.91 Å². The Morgan fingerprint density at radius 1 is 1.00 bits per heavy atom. The Hall–Kier alpha value is -2.55. The number of hydrogen-bond acceptors (Lipinski definition) is 1. The molecule has 0 saturated heterocycles. The van der Waals surface area contributed by atoms with Gasteiger partial charge in [-0.1, -0.05) is 30.3 Å². The van der Waals surface area contributed by atoms with Gasteiger partial charge in [0.05, 0.1) is 0 Å². The number of aromatic amines is 1. The van der Waals surface area contributed by atoms with E-state index in [0.29, 0.717) is 12.1 Å². The predicted octanol–water partition coefficient (Wildman–Crippen LogP) is 4.07. The molecule has 0 atom stereocenters. The molecule has 1 heterocycles. The number of hydrogen-bond donors (Lipinski definition) is 2. The molecular formula is C20H22N2O. The second-order valence-electron chi connectivity index (χ2n) is 6.05. The van der Waals surface area contributed by atoms with Gasteiger partial charge in [0.1, 0.15) is 0 Å². The standard InChI is InChI=1S/C20H22N2O/c1-13-9-10-14(2)19-18(13)17(15(3)22-19)11-12-21-20(23)16-7-5-4-6-8-16/h4-10,22H,11-12H2,1-3H3,(H,21,23). The van der Waals surface area contributed by atoms with Crippen molar-refractivity contribution >= 4 is 16.8 Å². The Kier molecular flexibility index (Phi) is 4.20. The Labute approximate surface area is 136 Å². The minimum atomic E-state index is -0.0176. The molecule has 1 aromatic heterocycles. The van der Waals surface area contributed by atoms with E-state index < -0.39 is 0 Å². The molecule has 118 valence electrons. The van der Waals surface area contributed by atoms with Gasteiger partial charge in [-0.2, -0.15) is 0 Å². The van der Waals surface area contributed by atoms with Crippen molar-refractivity contribution in [3.8, 4) is 0 Å². The molecule has 0 aliphatic heterocycles. The molecule has 3 aromatic rings. The lowest BCUT2D eigenvalue weighted by molar-refractivity contribution is 0.0954. The summed E-state index contributed by atoms with van der Waals surface area (Å²) in [6, 6.07) is 13.7. The van der Waals surface area contributed by atoms with E-state index in [0.717, 1.165) is 6.42 Å². The minimum Gasteiger partial charge on any atom is -0.358 e. The third-order valence-corrected chi connectivity index (χ3v) is 4.39. The molecule has 1 amide bonds. The number of carbonyl (C=O) groups excluding carboxylic acids is 1. The van der Waals surface area contributed by atoms with Crippen LogP contribution in [0.4, 0.5) is 0 Å². The van der Waals surface area contributed by atoms with E-state index in [1.54, 1.807) is 0 Å². The van der Waals surface area contributed by atoms with Crippen LogP contribution in [0, 0.1) is 20.8 Å². The normalized spacial score (nSPS) is 10.9. The zero-order valence-corrected chi connectivity index (χ0v) is 13.9. The first-order valence-corrected chi connectivity index (χ1v) is 7.98. The molecular weight excluding hydrogens is 284 g/mol. The summed E-state index contributed by atoms with van der Waals surface area (Å²) < 4.78 is 0. The smallest absolute Gasteiger partial charge is 0.251 e. The maximum atomic E-state index is 12.1. The summed E-state index contributed by atoms with van der Waals surface area (Å²) in [5.41, 5.74) is 6.94. The number of benzene rings is 2. The van der Waals surface area contributed by atoms with E-state index in [1.807, 2.05) is 30.3 Å². The van der Waals surface area contributed by atoms with Gasteiger partial charge < -0.3 is 10.3 Å². The van der Waals surface area contributed by atoms with Crippen LogP contribution >= 0.6 is 0 Å². The third-order valence-electron chi connectivity index (χ3n) is 4.39. The summed E-state index contributed by atoms with van der Waals surface area (Å²) in [5, 5.41) is 4.31. The molecule has 0 radical (unpaired) electrons. The molecule has 23 heavy (non-hydrogen) atoms. The number of nitrogens with one attached hydrogen (secondary N) is 2. The highest BCUT2D eigenvalue weighted by atomic mass is 16.1. The predicted molar refractivity (Wildman–Crippen MR) is 95.0 cm³/mol. The van der Waals surface area contributed by atoms with Gasteiger partial charge in [-0.3, -0.25) is 4.79 Å². The molecule has 2 aromatic carbocycles. The summed E-state index contributed by atoms with van der Waals surface area (Å²) in [7, 11) is 0. The lowest BCUT2D eigenvalue weighted by atomic mass is 10.0.